The fourth-order valence-corrected chi connectivity index (χ4v) is 2.21. The number of unbranched alkanes of at least 4 members (excludes halogenated alkanes) is 2. The minimum atomic E-state index is -0.507. The van der Waals surface area contributed by atoms with Crippen LogP contribution < -0.4 is 10.6 Å². The van der Waals surface area contributed by atoms with Crippen molar-refractivity contribution >= 4 is 11.8 Å². The summed E-state index contributed by atoms with van der Waals surface area (Å²) in [5.74, 6) is -1.01. The Bertz CT molecular complexity index is 324. The second kappa shape index (κ2) is 9.59. The monoisotopic (exact) mass is 266 g/mol. The second-order valence-corrected chi connectivity index (χ2v) is 5.08. The molecule has 1 aliphatic carbocycles. The van der Waals surface area contributed by atoms with E-state index >= 15 is 0 Å². The Morgan fingerprint density at radius 1 is 1.11 bits per heavy atom. The molecular formula is C15H26N2O2. The van der Waals surface area contributed by atoms with Gasteiger partial charge in [-0.15, -0.1) is 0 Å². The smallest absolute Gasteiger partial charge is 0.309 e. The van der Waals surface area contributed by atoms with E-state index in [1.165, 1.54) is 18.4 Å². The quantitative estimate of drug-likeness (QED) is 0.422. The van der Waals surface area contributed by atoms with E-state index < -0.39 is 11.8 Å². The number of amides is 2. The molecule has 1 rings (SSSR count). The molecule has 0 spiro atoms. The summed E-state index contributed by atoms with van der Waals surface area (Å²) in [4.78, 5) is 23.0. The lowest BCUT2D eigenvalue weighted by atomic mass is 9.97. The molecule has 0 saturated carbocycles. The zero-order valence-corrected chi connectivity index (χ0v) is 12.0. The Hall–Kier alpha value is -1.32. The van der Waals surface area contributed by atoms with E-state index in [9.17, 15) is 9.59 Å². The maximum Gasteiger partial charge on any atom is 0.309 e. The highest BCUT2D eigenvalue weighted by atomic mass is 16.2. The molecule has 0 heterocycles. The normalized spacial score (nSPS) is 14.7. The van der Waals surface area contributed by atoms with Crippen molar-refractivity contribution in [3.8, 4) is 0 Å². The standard InChI is InChI=1S/C15H26N2O2/c1-2-3-7-11-16-14(18)15(19)17-12-10-13-8-5-4-6-9-13/h8H,2-7,9-12H2,1H3,(H,16,18)(H,17,19). The first-order chi connectivity index (χ1) is 9.24. The first kappa shape index (κ1) is 15.7. The van der Waals surface area contributed by atoms with Crippen molar-refractivity contribution in [3.05, 3.63) is 11.6 Å². The molecule has 1 aliphatic rings. The van der Waals surface area contributed by atoms with Gasteiger partial charge in [-0.1, -0.05) is 31.4 Å². The lowest BCUT2D eigenvalue weighted by Crippen LogP contribution is -2.40. The highest BCUT2D eigenvalue weighted by Gasteiger charge is 2.12. The van der Waals surface area contributed by atoms with Crippen molar-refractivity contribution in [2.24, 2.45) is 0 Å². The average molecular weight is 266 g/mol. The molecule has 0 saturated heterocycles. The lowest BCUT2D eigenvalue weighted by molar-refractivity contribution is -0.139. The molecule has 0 aromatic carbocycles. The van der Waals surface area contributed by atoms with Gasteiger partial charge in [0.25, 0.3) is 0 Å². The van der Waals surface area contributed by atoms with Gasteiger partial charge in [0.1, 0.15) is 0 Å². The number of rotatable bonds is 7. The number of carbonyl (C=O) groups excluding carboxylic acids is 2. The van der Waals surface area contributed by atoms with Crippen LogP contribution in [0, 0.1) is 0 Å². The Labute approximate surface area is 116 Å². The van der Waals surface area contributed by atoms with E-state index in [1.54, 1.807) is 0 Å². The largest absolute Gasteiger partial charge is 0.348 e. The highest BCUT2D eigenvalue weighted by Crippen LogP contribution is 2.19. The summed E-state index contributed by atoms with van der Waals surface area (Å²) in [6.45, 7) is 3.26. The van der Waals surface area contributed by atoms with Crippen LogP contribution in [-0.2, 0) is 9.59 Å². The van der Waals surface area contributed by atoms with Gasteiger partial charge < -0.3 is 10.6 Å². The van der Waals surface area contributed by atoms with Crippen LogP contribution >= 0.6 is 0 Å². The predicted molar refractivity (Wildman–Crippen MR) is 76.7 cm³/mol. The van der Waals surface area contributed by atoms with Crippen molar-refractivity contribution in [3.63, 3.8) is 0 Å². The number of hydrogen-bond donors (Lipinski definition) is 2. The molecule has 2 N–H and O–H groups in total. The fourth-order valence-electron chi connectivity index (χ4n) is 2.21. The molecule has 0 atom stereocenters. The maximum absolute atomic E-state index is 11.5. The molecule has 0 unspecified atom stereocenters. The molecule has 0 aliphatic heterocycles. The molecule has 0 radical (unpaired) electrons. The third-order valence-electron chi connectivity index (χ3n) is 3.39. The number of hydrogen-bond acceptors (Lipinski definition) is 2. The van der Waals surface area contributed by atoms with Crippen molar-refractivity contribution in [2.45, 2.75) is 58.3 Å². The van der Waals surface area contributed by atoms with Gasteiger partial charge >= 0.3 is 11.8 Å². The summed E-state index contributed by atoms with van der Waals surface area (Å²) < 4.78 is 0. The van der Waals surface area contributed by atoms with E-state index in [4.69, 9.17) is 0 Å². The zero-order chi connectivity index (χ0) is 13.9. The number of carbonyl (C=O) groups is 2. The van der Waals surface area contributed by atoms with E-state index in [0.717, 1.165) is 38.5 Å². The summed E-state index contributed by atoms with van der Waals surface area (Å²) in [7, 11) is 0. The van der Waals surface area contributed by atoms with Crippen molar-refractivity contribution in [2.75, 3.05) is 13.1 Å². The lowest BCUT2D eigenvalue weighted by Gasteiger charge is -2.12. The van der Waals surface area contributed by atoms with E-state index in [0.29, 0.717) is 13.1 Å². The Morgan fingerprint density at radius 3 is 2.47 bits per heavy atom. The third-order valence-corrected chi connectivity index (χ3v) is 3.39. The second-order valence-electron chi connectivity index (χ2n) is 5.08. The summed E-state index contributed by atoms with van der Waals surface area (Å²) in [6, 6.07) is 0. The van der Waals surface area contributed by atoms with Gasteiger partial charge in [0, 0.05) is 13.1 Å². The highest BCUT2D eigenvalue weighted by molar-refractivity contribution is 6.35. The first-order valence-electron chi connectivity index (χ1n) is 7.48. The van der Waals surface area contributed by atoms with Gasteiger partial charge in [-0.05, 0) is 38.5 Å². The van der Waals surface area contributed by atoms with Crippen LogP contribution in [0.25, 0.3) is 0 Å². The van der Waals surface area contributed by atoms with Crippen LogP contribution in [0.15, 0.2) is 11.6 Å². The van der Waals surface area contributed by atoms with E-state index in [2.05, 4.69) is 23.6 Å². The van der Waals surface area contributed by atoms with Gasteiger partial charge in [-0.25, -0.2) is 0 Å². The summed E-state index contributed by atoms with van der Waals surface area (Å²) >= 11 is 0. The SMILES string of the molecule is CCCCCNC(=O)C(=O)NCCC1=CCCCC1. The molecule has 0 fully saturated rings. The predicted octanol–water partition coefficient (Wildman–Crippen LogP) is 2.30. The minimum absolute atomic E-state index is 0.506. The van der Waals surface area contributed by atoms with Crippen LogP contribution in [0.4, 0.5) is 0 Å². The molecule has 2 amide bonds. The zero-order valence-electron chi connectivity index (χ0n) is 12.0. The Balaban J connectivity index is 2.09. The van der Waals surface area contributed by atoms with Gasteiger partial charge in [0.15, 0.2) is 0 Å². The third kappa shape index (κ3) is 6.99. The fraction of sp³-hybridized carbons (Fsp3) is 0.733. The Morgan fingerprint density at radius 2 is 1.84 bits per heavy atom. The van der Waals surface area contributed by atoms with Gasteiger partial charge in [-0.2, -0.15) is 0 Å². The summed E-state index contributed by atoms with van der Waals surface area (Å²) in [5, 5.41) is 5.32. The molecule has 108 valence electrons. The average Bonchev–Trinajstić information content (AvgIpc) is 2.44. The van der Waals surface area contributed by atoms with Crippen molar-refractivity contribution in [1.82, 2.24) is 10.6 Å². The van der Waals surface area contributed by atoms with Gasteiger partial charge in [-0.3, -0.25) is 9.59 Å². The number of allylic oxidation sites excluding steroid dienone is 1. The van der Waals surface area contributed by atoms with Crippen LogP contribution in [-0.4, -0.2) is 24.9 Å². The molecule has 4 heteroatoms. The molecule has 0 aromatic heterocycles. The van der Waals surface area contributed by atoms with Crippen LogP contribution in [0.3, 0.4) is 0 Å². The molecule has 19 heavy (non-hydrogen) atoms. The topological polar surface area (TPSA) is 58.2 Å². The minimum Gasteiger partial charge on any atom is -0.348 e. The van der Waals surface area contributed by atoms with E-state index in [1.807, 2.05) is 0 Å². The van der Waals surface area contributed by atoms with Crippen molar-refractivity contribution < 1.29 is 9.59 Å². The van der Waals surface area contributed by atoms with Crippen molar-refractivity contribution in [1.29, 1.82) is 0 Å². The molecular weight excluding hydrogens is 240 g/mol. The summed E-state index contributed by atoms with van der Waals surface area (Å²) in [6.07, 6.45) is 11.1. The molecule has 0 bridgehead atoms. The van der Waals surface area contributed by atoms with Gasteiger partial charge in [0.2, 0.25) is 0 Å². The number of nitrogens with one attached hydrogen (secondary N) is 2. The van der Waals surface area contributed by atoms with E-state index in [-0.39, 0.29) is 0 Å². The maximum atomic E-state index is 11.5. The first-order valence-corrected chi connectivity index (χ1v) is 7.48. The molecule has 4 nitrogen and oxygen atoms in total. The Kier molecular flexibility index (Phi) is 7.94. The summed E-state index contributed by atoms with van der Waals surface area (Å²) in [5.41, 5.74) is 1.41. The van der Waals surface area contributed by atoms with Crippen LogP contribution in [0.2, 0.25) is 0 Å². The van der Waals surface area contributed by atoms with Gasteiger partial charge in [0.05, 0.1) is 0 Å². The molecule has 0 aromatic rings. The van der Waals surface area contributed by atoms with Crippen LogP contribution in [0.1, 0.15) is 58.3 Å². The van der Waals surface area contributed by atoms with Crippen LogP contribution in [0.5, 0.6) is 0 Å².